The van der Waals surface area contributed by atoms with Crippen LogP contribution in [0.15, 0.2) is 16.2 Å². The zero-order chi connectivity index (χ0) is 12.5. The van der Waals surface area contributed by atoms with Gasteiger partial charge in [0.05, 0.1) is 10.7 Å². The van der Waals surface area contributed by atoms with Crippen molar-refractivity contribution in [3.05, 3.63) is 11.8 Å². The van der Waals surface area contributed by atoms with Gasteiger partial charge in [0.25, 0.3) is 0 Å². The minimum atomic E-state index is 0.235. The van der Waals surface area contributed by atoms with Crippen molar-refractivity contribution in [1.82, 2.24) is 9.78 Å². The highest BCUT2D eigenvalue weighted by Crippen LogP contribution is 2.51. The molecule has 1 heterocycles. The van der Waals surface area contributed by atoms with Crippen LogP contribution >= 0.6 is 11.8 Å². The van der Waals surface area contributed by atoms with Gasteiger partial charge in [-0.3, -0.25) is 4.68 Å². The zero-order valence-corrected chi connectivity index (χ0v) is 11.0. The Morgan fingerprint density at radius 2 is 2.41 bits per heavy atom. The number of nitrogens with zero attached hydrogens (tertiary/aromatic N) is 3. The van der Waals surface area contributed by atoms with Gasteiger partial charge in [0.2, 0.25) is 0 Å². The van der Waals surface area contributed by atoms with E-state index in [0.29, 0.717) is 12.3 Å². The molecule has 1 fully saturated rings. The summed E-state index contributed by atoms with van der Waals surface area (Å²) in [5.41, 5.74) is 6.85. The molecule has 5 nitrogen and oxygen atoms in total. The first-order valence-electron chi connectivity index (χ1n) is 5.64. The van der Waals surface area contributed by atoms with Crippen LogP contribution in [0, 0.1) is 12.3 Å². The predicted molar refractivity (Wildman–Crippen MR) is 68.4 cm³/mol. The number of amidine groups is 1. The molecule has 0 aromatic carbocycles. The number of hydrogen-bond acceptors (Lipinski definition) is 4. The maximum Gasteiger partial charge on any atom is 0.139 e. The van der Waals surface area contributed by atoms with Gasteiger partial charge in [-0.1, -0.05) is 5.16 Å². The van der Waals surface area contributed by atoms with Crippen molar-refractivity contribution >= 4 is 17.6 Å². The van der Waals surface area contributed by atoms with Crippen molar-refractivity contribution in [2.45, 2.75) is 31.2 Å². The molecule has 0 unspecified atom stereocenters. The molecule has 1 aliphatic carbocycles. The summed E-state index contributed by atoms with van der Waals surface area (Å²) in [7, 11) is 1.96. The molecule has 0 aliphatic heterocycles. The molecule has 1 aliphatic rings. The fourth-order valence-electron chi connectivity index (χ4n) is 1.92. The van der Waals surface area contributed by atoms with E-state index in [9.17, 15) is 0 Å². The summed E-state index contributed by atoms with van der Waals surface area (Å²) in [5, 5.41) is 17.1. The lowest BCUT2D eigenvalue weighted by atomic mass is 10.1. The van der Waals surface area contributed by atoms with Gasteiger partial charge in [0, 0.05) is 19.2 Å². The smallest absolute Gasteiger partial charge is 0.139 e. The summed E-state index contributed by atoms with van der Waals surface area (Å²) in [4.78, 5) is 0. The summed E-state index contributed by atoms with van der Waals surface area (Å²) in [6.07, 6.45) is 3.01. The van der Waals surface area contributed by atoms with Crippen LogP contribution in [0.2, 0.25) is 0 Å². The van der Waals surface area contributed by atoms with Crippen LogP contribution in [0.4, 0.5) is 0 Å². The Labute approximate surface area is 105 Å². The van der Waals surface area contributed by atoms with E-state index in [1.165, 1.54) is 5.03 Å². The number of rotatable bonds is 5. The van der Waals surface area contributed by atoms with Crippen molar-refractivity contribution in [1.29, 1.82) is 0 Å². The van der Waals surface area contributed by atoms with E-state index in [4.69, 9.17) is 10.9 Å². The topological polar surface area (TPSA) is 76.4 Å². The Morgan fingerprint density at radius 3 is 2.88 bits per heavy atom. The Hall–Kier alpha value is -1.17. The highest BCUT2D eigenvalue weighted by Gasteiger charge is 2.43. The molecular weight excluding hydrogens is 236 g/mol. The maximum atomic E-state index is 8.60. The zero-order valence-electron chi connectivity index (χ0n) is 10.2. The van der Waals surface area contributed by atoms with E-state index < -0.39 is 0 Å². The Morgan fingerprint density at radius 1 is 1.71 bits per heavy atom. The summed E-state index contributed by atoms with van der Waals surface area (Å²) >= 11 is 1.80. The lowest BCUT2D eigenvalue weighted by Gasteiger charge is -2.13. The summed E-state index contributed by atoms with van der Waals surface area (Å²) in [6.45, 7) is 1.99. The van der Waals surface area contributed by atoms with Crippen LogP contribution in [-0.2, 0) is 7.05 Å². The summed E-state index contributed by atoms with van der Waals surface area (Å²) in [6, 6.07) is 2.09. The van der Waals surface area contributed by atoms with Crippen molar-refractivity contribution in [3.8, 4) is 0 Å². The molecule has 3 N–H and O–H groups in total. The SMILES string of the molecule is Cc1cc(SCC2(CC(N)=NO)CC2)n(C)n1. The Balaban J connectivity index is 1.92. The lowest BCUT2D eigenvalue weighted by Crippen LogP contribution is -2.19. The number of hydrogen-bond donors (Lipinski definition) is 2. The molecule has 1 aromatic heterocycles. The van der Waals surface area contributed by atoms with Gasteiger partial charge in [-0.2, -0.15) is 5.10 Å². The molecule has 0 amide bonds. The average Bonchev–Trinajstić information content (AvgIpc) is 2.96. The van der Waals surface area contributed by atoms with Gasteiger partial charge >= 0.3 is 0 Å². The second-order valence-corrected chi connectivity index (χ2v) is 5.80. The number of oxime groups is 1. The predicted octanol–water partition coefficient (Wildman–Crippen LogP) is 1.74. The third kappa shape index (κ3) is 2.94. The standard InChI is InChI=1S/C11H18N4OS/c1-8-5-10(15(2)13-8)17-7-11(3-4-11)6-9(12)14-16/h5,16H,3-4,6-7H2,1-2H3,(H2,12,14). The van der Waals surface area contributed by atoms with Crippen LogP contribution in [-0.4, -0.2) is 26.6 Å². The van der Waals surface area contributed by atoms with Crippen LogP contribution < -0.4 is 5.73 Å². The molecule has 0 saturated heterocycles. The maximum absolute atomic E-state index is 8.60. The van der Waals surface area contributed by atoms with Gasteiger partial charge in [-0.15, -0.1) is 11.8 Å². The highest BCUT2D eigenvalue weighted by molar-refractivity contribution is 7.99. The van der Waals surface area contributed by atoms with Gasteiger partial charge < -0.3 is 10.9 Å². The second kappa shape index (κ2) is 4.60. The molecule has 0 bridgehead atoms. The van der Waals surface area contributed by atoms with E-state index in [1.807, 2.05) is 18.7 Å². The van der Waals surface area contributed by atoms with Gasteiger partial charge in [0.15, 0.2) is 0 Å². The fraction of sp³-hybridized carbons (Fsp3) is 0.636. The molecule has 6 heteroatoms. The molecule has 1 saturated carbocycles. The molecule has 0 atom stereocenters. The minimum absolute atomic E-state index is 0.235. The Bertz CT molecular complexity index is 437. The van der Waals surface area contributed by atoms with Gasteiger partial charge in [-0.25, -0.2) is 0 Å². The van der Waals surface area contributed by atoms with E-state index in [2.05, 4.69) is 16.3 Å². The van der Waals surface area contributed by atoms with Crippen molar-refractivity contribution < 1.29 is 5.21 Å². The third-order valence-electron chi connectivity index (χ3n) is 3.13. The van der Waals surface area contributed by atoms with Crippen LogP contribution in [0.1, 0.15) is 25.0 Å². The summed E-state index contributed by atoms with van der Waals surface area (Å²) in [5.74, 6) is 1.34. The molecule has 1 aromatic rings. The number of aryl methyl sites for hydroxylation is 2. The molecule has 94 valence electrons. The minimum Gasteiger partial charge on any atom is -0.409 e. The largest absolute Gasteiger partial charge is 0.409 e. The van der Waals surface area contributed by atoms with E-state index in [0.717, 1.165) is 24.3 Å². The highest BCUT2D eigenvalue weighted by atomic mass is 32.2. The normalized spacial score (nSPS) is 18.4. The number of aromatic nitrogens is 2. The van der Waals surface area contributed by atoms with Crippen molar-refractivity contribution in [2.24, 2.45) is 23.4 Å². The van der Waals surface area contributed by atoms with Crippen molar-refractivity contribution in [2.75, 3.05) is 5.75 Å². The third-order valence-corrected chi connectivity index (χ3v) is 4.56. The average molecular weight is 254 g/mol. The van der Waals surface area contributed by atoms with E-state index >= 15 is 0 Å². The first-order valence-corrected chi connectivity index (χ1v) is 6.63. The van der Waals surface area contributed by atoms with Crippen molar-refractivity contribution in [3.63, 3.8) is 0 Å². The van der Waals surface area contributed by atoms with Crippen LogP contribution in [0.3, 0.4) is 0 Å². The number of thioether (sulfide) groups is 1. The quantitative estimate of drug-likeness (QED) is 0.276. The number of nitrogens with two attached hydrogens (primary N) is 1. The lowest BCUT2D eigenvalue weighted by molar-refractivity contribution is 0.315. The Kier molecular flexibility index (Phi) is 3.33. The van der Waals surface area contributed by atoms with E-state index in [1.54, 1.807) is 11.8 Å². The molecular formula is C11H18N4OS. The first kappa shape index (κ1) is 12.3. The molecule has 17 heavy (non-hydrogen) atoms. The first-order chi connectivity index (χ1) is 8.04. The van der Waals surface area contributed by atoms with Crippen LogP contribution in [0.5, 0.6) is 0 Å². The van der Waals surface area contributed by atoms with Gasteiger partial charge in [-0.05, 0) is 31.2 Å². The fourth-order valence-corrected chi connectivity index (χ4v) is 3.24. The summed E-state index contributed by atoms with van der Waals surface area (Å²) < 4.78 is 1.90. The molecule has 2 rings (SSSR count). The monoisotopic (exact) mass is 254 g/mol. The molecule has 0 radical (unpaired) electrons. The second-order valence-electron chi connectivity index (χ2n) is 4.80. The van der Waals surface area contributed by atoms with Crippen LogP contribution in [0.25, 0.3) is 0 Å². The van der Waals surface area contributed by atoms with E-state index in [-0.39, 0.29) is 5.41 Å². The van der Waals surface area contributed by atoms with Gasteiger partial charge in [0.1, 0.15) is 5.84 Å². The molecule has 0 spiro atoms.